The van der Waals surface area contributed by atoms with Gasteiger partial charge in [0.2, 0.25) is 5.91 Å². The fourth-order valence-electron chi connectivity index (χ4n) is 3.68. The summed E-state index contributed by atoms with van der Waals surface area (Å²) >= 11 is 14.2. The summed E-state index contributed by atoms with van der Waals surface area (Å²) in [5.41, 5.74) is 1.51. The smallest absolute Gasteiger partial charge is 0.410 e. The lowest BCUT2D eigenvalue weighted by atomic mass is 9.93. The number of ether oxygens (including phenoxy) is 1. The Morgan fingerprint density at radius 1 is 1.21 bits per heavy atom. The third-order valence-corrected chi connectivity index (χ3v) is 6.67. The number of fused-ring (bicyclic) bond motifs is 1. The van der Waals surface area contributed by atoms with Crippen LogP contribution in [0, 0.1) is 0 Å². The second-order valence-corrected chi connectivity index (χ2v) is 10.4. The SMILES string of the molecule is CC1c2c(Cl)cc(Cl)cc2CCN1C(=O)C1CN(C(=O)OC(C)(C)C)CCS1. The van der Waals surface area contributed by atoms with Crippen LogP contribution in [-0.4, -0.2) is 58.0 Å². The first-order chi connectivity index (χ1) is 13.1. The standard InChI is InChI=1S/C20H26Cl2N2O3S/c1-12-17-13(9-14(21)10-15(17)22)5-6-24(12)18(25)16-11-23(7-8-28-16)19(26)27-20(2,3)4/h9-10,12,16H,5-8,11H2,1-4H3. The van der Waals surface area contributed by atoms with Gasteiger partial charge in [-0.3, -0.25) is 4.79 Å². The van der Waals surface area contributed by atoms with E-state index in [0.29, 0.717) is 35.4 Å². The molecule has 2 unspecified atom stereocenters. The molecule has 3 rings (SSSR count). The minimum absolute atomic E-state index is 0.0439. The summed E-state index contributed by atoms with van der Waals surface area (Å²) in [5, 5.41) is 0.919. The molecule has 1 aromatic rings. The number of carbonyl (C=O) groups excluding carboxylic acids is 2. The summed E-state index contributed by atoms with van der Waals surface area (Å²) in [4.78, 5) is 29.2. The molecule has 0 saturated carbocycles. The van der Waals surface area contributed by atoms with Gasteiger partial charge in [-0.1, -0.05) is 23.2 Å². The molecule has 2 heterocycles. The van der Waals surface area contributed by atoms with E-state index in [9.17, 15) is 9.59 Å². The zero-order valence-electron chi connectivity index (χ0n) is 16.6. The summed E-state index contributed by atoms with van der Waals surface area (Å²) in [6.45, 7) is 9.09. The van der Waals surface area contributed by atoms with Crippen LogP contribution in [-0.2, 0) is 16.0 Å². The van der Waals surface area contributed by atoms with Gasteiger partial charge in [-0.25, -0.2) is 4.79 Å². The first-order valence-electron chi connectivity index (χ1n) is 9.44. The minimum atomic E-state index is -0.551. The maximum Gasteiger partial charge on any atom is 0.410 e. The first-order valence-corrected chi connectivity index (χ1v) is 11.2. The highest BCUT2D eigenvalue weighted by Gasteiger charge is 2.37. The third kappa shape index (κ3) is 4.71. The van der Waals surface area contributed by atoms with Gasteiger partial charge >= 0.3 is 6.09 Å². The number of thioether (sulfide) groups is 1. The monoisotopic (exact) mass is 444 g/mol. The van der Waals surface area contributed by atoms with Crippen LogP contribution in [0.5, 0.6) is 0 Å². The van der Waals surface area contributed by atoms with Crippen molar-refractivity contribution in [3.05, 3.63) is 33.3 Å². The maximum atomic E-state index is 13.3. The van der Waals surface area contributed by atoms with Gasteiger partial charge in [-0.05, 0) is 57.4 Å². The van der Waals surface area contributed by atoms with Crippen molar-refractivity contribution < 1.29 is 14.3 Å². The summed E-state index contributed by atoms with van der Waals surface area (Å²) < 4.78 is 5.47. The maximum absolute atomic E-state index is 13.3. The van der Waals surface area contributed by atoms with E-state index in [1.807, 2.05) is 38.7 Å². The largest absolute Gasteiger partial charge is 0.444 e. The molecule has 0 N–H and O–H groups in total. The number of carbonyl (C=O) groups is 2. The normalized spacial score (nSPS) is 22.6. The molecule has 2 amide bonds. The van der Waals surface area contributed by atoms with Crippen molar-refractivity contribution in [2.45, 2.75) is 51.0 Å². The molecular formula is C20H26Cl2N2O3S. The van der Waals surface area contributed by atoms with E-state index >= 15 is 0 Å². The average Bonchev–Trinajstić information content (AvgIpc) is 2.59. The van der Waals surface area contributed by atoms with Gasteiger partial charge in [0.15, 0.2) is 0 Å². The van der Waals surface area contributed by atoms with Gasteiger partial charge in [0.25, 0.3) is 0 Å². The molecule has 1 saturated heterocycles. The first kappa shape index (κ1) is 21.6. The predicted molar refractivity (Wildman–Crippen MR) is 114 cm³/mol. The molecule has 1 aromatic carbocycles. The van der Waals surface area contributed by atoms with E-state index in [2.05, 4.69) is 0 Å². The van der Waals surface area contributed by atoms with Crippen LogP contribution in [0.25, 0.3) is 0 Å². The number of hydrogen-bond acceptors (Lipinski definition) is 4. The highest BCUT2D eigenvalue weighted by Crippen LogP contribution is 2.38. The zero-order valence-corrected chi connectivity index (χ0v) is 19.0. The van der Waals surface area contributed by atoms with E-state index in [1.165, 1.54) is 0 Å². The van der Waals surface area contributed by atoms with Crippen molar-refractivity contribution in [1.82, 2.24) is 9.80 Å². The van der Waals surface area contributed by atoms with Crippen molar-refractivity contribution >= 4 is 47.0 Å². The average molecular weight is 445 g/mol. The van der Waals surface area contributed by atoms with Crippen molar-refractivity contribution in [3.63, 3.8) is 0 Å². The van der Waals surface area contributed by atoms with Gasteiger partial charge in [-0.15, -0.1) is 11.8 Å². The highest BCUT2D eigenvalue weighted by atomic mass is 35.5. The molecule has 0 bridgehead atoms. The van der Waals surface area contributed by atoms with Gasteiger partial charge in [0, 0.05) is 35.4 Å². The summed E-state index contributed by atoms with van der Waals surface area (Å²) in [6, 6.07) is 3.53. The molecule has 28 heavy (non-hydrogen) atoms. The van der Waals surface area contributed by atoms with Crippen LogP contribution in [0.1, 0.15) is 44.9 Å². The molecule has 154 valence electrons. The lowest BCUT2D eigenvalue weighted by Gasteiger charge is -2.40. The van der Waals surface area contributed by atoms with Gasteiger partial charge < -0.3 is 14.5 Å². The molecule has 5 nitrogen and oxygen atoms in total. The summed E-state index contributed by atoms with van der Waals surface area (Å²) in [7, 11) is 0. The quantitative estimate of drug-likeness (QED) is 0.624. The molecule has 8 heteroatoms. The molecule has 1 fully saturated rings. The number of rotatable bonds is 1. The fourth-order valence-corrected chi connectivity index (χ4v) is 5.55. The molecule has 0 spiro atoms. The summed E-state index contributed by atoms with van der Waals surface area (Å²) in [6.07, 6.45) is 0.360. The van der Waals surface area contributed by atoms with E-state index in [-0.39, 0.29) is 23.3 Å². The van der Waals surface area contributed by atoms with Crippen LogP contribution in [0.15, 0.2) is 12.1 Å². The Kier molecular flexibility index (Phi) is 6.42. The lowest BCUT2D eigenvalue weighted by molar-refractivity contribution is -0.133. The number of amides is 2. The van der Waals surface area contributed by atoms with Gasteiger partial charge in [0.1, 0.15) is 10.9 Å². The van der Waals surface area contributed by atoms with Crippen LogP contribution in [0.3, 0.4) is 0 Å². The summed E-state index contributed by atoms with van der Waals surface area (Å²) in [5.74, 6) is 0.757. The van der Waals surface area contributed by atoms with E-state index in [1.54, 1.807) is 22.7 Å². The number of nitrogens with zero attached hydrogens (tertiary/aromatic N) is 2. The van der Waals surface area contributed by atoms with Gasteiger partial charge in [0.05, 0.1) is 6.04 Å². The number of benzene rings is 1. The Morgan fingerprint density at radius 3 is 2.61 bits per heavy atom. The molecule has 0 aromatic heterocycles. The highest BCUT2D eigenvalue weighted by molar-refractivity contribution is 8.00. The van der Waals surface area contributed by atoms with Crippen molar-refractivity contribution in [2.24, 2.45) is 0 Å². The number of hydrogen-bond donors (Lipinski definition) is 0. The van der Waals surface area contributed by atoms with Crippen molar-refractivity contribution in [1.29, 1.82) is 0 Å². The molecule has 0 aliphatic carbocycles. The Hall–Kier alpha value is -1.11. The molecule has 2 aliphatic rings. The molecule has 2 aliphatic heterocycles. The van der Waals surface area contributed by atoms with Crippen LogP contribution in [0.4, 0.5) is 4.79 Å². The second kappa shape index (κ2) is 8.33. The zero-order chi connectivity index (χ0) is 20.6. The fraction of sp³-hybridized carbons (Fsp3) is 0.600. The van der Waals surface area contributed by atoms with Crippen LogP contribution < -0.4 is 0 Å². The van der Waals surface area contributed by atoms with Crippen LogP contribution >= 0.6 is 35.0 Å². The van der Waals surface area contributed by atoms with E-state index < -0.39 is 5.60 Å². The van der Waals surface area contributed by atoms with E-state index in [0.717, 1.165) is 17.5 Å². The Labute approximate surface area is 180 Å². The van der Waals surface area contributed by atoms with Crippen LogP contribution in [0.2, 0.25) is 10.0 Å². The Morgan fingerprint density at radius 2 is 1.93 bits per heavy atom. The molecule has 2 atom stereocenters. The Bertz CT molecular complexity index is 781. The molecule has 0 radical (unpaired) electrons. The third-order valence-electron chi connectivity index (χ3n) is 4.96. The van der Waals surface area contributed by atoms with Crippen molar-refractivity contribution in [3.8, 4) is 0 Å². The number of halogens is 2. The topological polar surface area (TPSA) is 49.9 Å². The molecular weight excluding hydrogens is 419 g/mol. The minimum Gasteiger partial charge on any atom is -0.444 e. The predicted octanol–water partition coefficient (Wildman–Crippen LogP) is 4.79. The van der Waals surface area contributed by atoms with E-state index in [4.69, 9.17) is 27.9 Å². The Balaban J connectivity index is 1.72. The van der Waals surface area contributed by atoms with Crippen molar-refractivity contribution in [2.75, 3.05) is 25.4 Å². The second-order valence-electron chi connectivity index (χ2n) is 8.20. The van der Waals surface area contributed by atoms with Gasteiger partial charge in [-0.2, -0.15) is 0 Å². The lowest BCUT2D eigenvalue weighted by Crippen LogP contribution is -2.51.